The van der Waals surface area contributed by atoms with Crippen LogP contribution in [0, 0.1) is 5.41 Å². The molecule has 0 aliphatic carbocycles. The Morgan fingerprint density at radius 1 is 1.33 bits per heavy atom. The summed E-state index contributed by atoms with van der Waals surface area (Å²) < 4.78 is 1.98. The summed E-state index contributed by atoms with van der Waals surface area (Å²) in [5.41, 5.74) is 1.76. The fraction of sp³-hybridized carbons (Fsp3) is 0.286. The van der Waals surface area contributed by atoms with Gasteiger partial charge in [0, 0.05) is 17.6 Å². The van der Waals surface area contributed by atoms with Gasteiger partial charge in [0.1, 0.15) is 5.56 Å². The third-order valence-corrected chi connectivity index (χ3v) is 3.19. The van der Waals surface area contributed by atoms with Gasteiger partial charge in [-0.05, 0) is 19.4 Å². The lowest BCUT2D eigenvalue weighted by molar-refractivity contribution is 0.0693. The average Bonchev–Trinajstić information content (AvgIpc) is 2.38. The number of nitrogens with one attached hydrogen (secondary N) is 1. The Morgan fingerprint density at radius 3 is 2.56 bits per heavy atom. The molecule has 0 atom stereocenters. The molecule has 0 fully saturated rings. The van der Waals surface area contributed by atoms with Gasteiger partial charge in [-0.1, -0.05) is 25.1 Å². The molecule has 1 heterocycles. The molecule has 1 aromatic heterocycles. The highest BCUT2D eigenvalue weighted by Crippen LogP contribution is 2.17. The standard InChI is InChI=1S/C14H16N2O2/c1-3-10-12(14(17)18)13(15)9-7-5-6-8-11(9)16(10)4-2/h5-8,15H,3-4H2,1-2H3,(H,17,18). The van der Waals surface area contributed by atoms with Gasteiger partial charge in [-0.25, -0.2) is 4.79 Å². The van der Waals surface area contributed by atoms with Gasteiger partial charge < -0.3 is 9.67 Å². The zero-order valence-electron chi connectivity index (χ0n) is 10.5. The predicted octanol–water partition coefficient (Wildman–Crippen LogP) is 2.40. The number of carboxylic acids is 1. The molecule has 0 aliphatic heterocycles. The summed E-state index contributed by atoms with van der Waals surface area (Å²) in [5.74, 6) is -1.02. The van der Waals surface area contributed by atoms with Gasteiger partial charge in [0.2, 0.25) is 0 Å². The first-order valence-electron chi connectivity index (χ1n) is 6.04. The summed E-state index contributed by atoms with van der Waals surface area (Å²) >= 11 is 0. The second-order valence-corrected chi connectivity index (χ2v) is 4.12. The third-order valence-electron chi connectivity index (χ3n) is 3.19. The van der Waals surface area contributed by atoms with E-state index in [1.807, 2.05) is 36.6 Å². The number of pyridine rings is 1. The van der Waals surface area contributed by atoms with Gasteiger partial charge in [-0.2, -0.15) is 0 Å². The molecule has 18 heavy (non-hydrogen) atoms. The molecule has 2 N–H and O–H groups in total. The zero-order valence-corrected chi connectivity index (χ0v) is 10.5. The number of hydrogen-bond acceptors (Lipinski definition) is 2. The van der Waals surface area contributed by atoms with Crippen LogP contribution < -0.4 is 5.36 Å². The lowest BCUT2D eigenvalue weighted by Gasteiger charge is -2.17. The van der Waals surface area contributed by atoms with Crippen molar-refractivity contribution in [3.05, 3.63) is 40.9 Å². The number of aromatic nitrogens is 1. The van der Waals surface area contributed by atoms with Crippen LogP contribution in [0.25, 0.3) is 10.9 Å². The molecule has 0 unspecified atom stereocenters. The Hall–Kier alpha value is -2.10. The largest absolute Gasteiger partial charge is 0.478 e. The summed E-state index contributed by atoms with van der Waals surface area (Å²) in [4.78, 5) is 11.4. The Kier molecular flexibility index (Phi) is 3.19. The van der Waals surface area contributed by atoms with E-state index in [-0.39, 0.29) is 10.9 Å². The zero-order chi connectivity index (χ0) is 13.3. The van der Waals surface area contributed by atoms with Crippen LogP contribution in [0.2, 0.25) is 0 Å². The van der Waals surface area contributed by atoms with Crippen molar-refractivity contribution in [2.75, 3.05) is 0 Å². The molecule has 1 aromatic carbocycles. The van der Waals surface area contributed by atoms with Crippen LogP contribution >= 0.6 is 0 Å². The normalized spacial score (nSPS) is 10.8. The van der Waals surface area contributed by atoms with E-state index in [9.17, 15) is 9.90 Å². The summed E-state index contributed by atoms with van der Waals surface area (Å²) in [6, 6.07) is 7.48. The van der Waals surface area contributed by atoms with E-state index in [0.29, 0.717) is 24.0 Å². The summed E-state index contributed by atoms with van der Waals surface area (Å²) in [6.45, 7) is 4.60. The number of aryl methyl sites for hydroxylation is 1. The second-order valence-electron chi connectivity index (χ2n) is 4.12. The number of fused-ring (bicyclic) bond motifs is 1. The monoisotopic (exact) mass is 244 g/mol. The maximum Gasteiger partial charge on any atom is 0.339 e. The van der Waals surface area contributed by atoms with Gasteiger partial charge in [0.05, 0.1) is 10.9 Å². The van der Waals surface area contributed by atoms with E-state index in [2.05, 4.69) is 0 Å². The lowest BCUT2D eigenvalue weighted by Crippen LogP contribution is -2.23. The lowest BCUT2D eigenvalue weighted by atomic mass is 10.0. The van der Waals surface area contributed by atoms with Crippen molar-refractivity contribution in [1.29, 1.82) is 5.41 Å². The summed E-state index contributed by atoms with van der Waals surface area (Å²) in [6.07, 6.45) is 0.603. The van der Waals surface area contributed by atoms with Crippen LogP contribution in [0.15, 0.2) is 24.3 Å². The first-order valence-corrected chi connectivity index (χ1v) is 6.04. The van der Waals surface area contributed by atoms with E-state index in [0.717, 1.165) is 5.52 Å². The third kappa shape index (κ3) is 1.70. The minimum absolute atomic E-state index is 0.111. The number of carboxylic acid groups (broad SMARTS) is 1. The topological polar surface area (TPSA) is 66.1 Å². The first kappa shape index (κ1) is 12.4. The Bertz CT molecular complexity index is 671. The number of para-hydroxylation sites is 1. The van der Waals surface area contributed by atoms with Gasteiger partial charge >= 0.3 is 5.97 Å². The van der Waals surface area contributed by atoms with E-state index in [1.54, 1.807) is 6.07 Å². The highest BCUT2D eigenvalue weighted by molar-refractivity contribution is 5.93. The number of rotatable bonds is 3. The molecule has 0 amide bonds. The van der Waals surface area contributed by atoms with Crippen LogP contribution in [-0.4, -0.2) is 15.6 Å². The molecule has 94 valence electrons. The molecule has 0 radical (unpaired) electrons. The van der Waals surface area contributed by atoms with Crippen LogP contribution in [0.4, 0.5) is 0 Å². The summed E-state index contributed by atoms with van der Waals surface area (Å²) in [7, 11) is 0. The van der Waals surface area contributed by atoms with E-state index in [1.165, 1.54) is 0 Å². The number of benzene rings is 1. The van der Waals surface area contributed by atoms with Crippen LogP contribution in [0.1, 0.15) is 29.9 Å². The molecular formula is C14H16N2O2. The molecular weight excluding hydrogens is 228 g/mol. The SMILES string of the molecule is CCc1c(C(=O)O)c(=N)c2ccccc2n1CC. The maximum atomic E-state index is 11.4. The molecule has 4 heteroatoms. The minimum atomic E-state index is -1.02. The Balaban J connectivity index is 3.05. The number of hydrogen-bond donors (Lipinski definition) is 2. The van der Waals surface area contributed by atoms with Crippen LogP contribution in [0.3, 0.4) is 0 Å². The Morgan fingerprint density at radius 2 is 2.00 bits per heavy atom. The van der Waals surface area contributed by atoms with Crippen molar-refractivity contribution in [2.24, 2.45) is 0 Å². The van der Waals surface area contributed by atoms with Gasteiger partial charge in [-0.3, -0.25) is 5.41 Å². The van der Waals surface area contributed by atoms with Crippen LogP contribution in [0.5, 0.6) is 0 Å². The van der Waals surface area contributed by atoms with Crippen molar-refractivity contribution >= 4 is 16.9 Å². The number of nitrogens with zero attached hydrogens (tertiary/aromatic N) is 1. The van der Waals surface area contributed by atoms with Gasteiger partial charge in [0.25, 0.3) is 0 Å². The van der Waals surface area contributed by atoms with E-state index < -0.39 is 5.97 Å². The van der Waals surface area contributed by atoms with Gasteiger partial charge in [-0.15, -0.1) is 0 Å². The van der Waals surface area contributed by atoms with Crippen molar-refractivity contribution in [1.82, 2.24) is 4.57 Å². The molecule has 4 nitrogen and oxygen atoms in total. The van der Waals surface area contributed by atoms with Crippen molar-refractivity contribution in [3.63, 3.8) is 0 Å². The molecule has 0 spiro atoms. The smallest absolute Gasteiger partial charge is 0.339 e. The second kappa shape index (κ2) is 4.64. The predicted molar refractivity (Wildman–Crippen MR) is 69.8 cm³/mol. The summed E-state index contributed by atoms with van der Waals surface area (Å²) in [5, 5.41) is 18.2. The van der Waals surface area contributed by atoms with Crippen molar-refractivity contribution in [3.8, 4) is 0 Å². The number of carbonyl (C=O) groups is 1. The Labute approximate surface area is 105 Å². The molecule has 0 bridgehead atoms. The van der Waals surface area contributed by atoms with E-state index >= 15 is 0 Å². The van der Waals surface area contributed by atoms with Crippen molar-refractivity contribution < 1.29 is 9.90 Å². The first-order chi connectivity index (χ1) is 8.61. The average molecular weight is 244 g/mol. The van der Waals surface area contributed by atoms with Gasteiger partial charge in [0.15, 0.2) is 0 Å². The van der Waals surface area contributed by atoms with E-state index in [4.69, 9.17) is 5.41 Å². The molecule has 2 aromatic rings. The quantitative estimate of drug-likeness (QED) is 0.870. The molecule has 2 rings (SSSR count). The highest BCUT2D eigenvalue weighted by Gasteiger charge is 2.17. The molecule has 0 saturated carbocycles. The number of aromatic carboxylic acids is 1. The van der Waals surface area contributed by atoms with Crippen LogP contribution in [-0.2, 0) is 13.0 Å². The maximum absolute atomic E-state index is 11.4. The highest BCUT2D eigenvalue weighted by atomic mass is 16.4. The fourth-order valence-electron chi connectivity index (χ4n) is 2.44. The molecule has 0 aliphatic rings. The van der Waals surface area contributed by atoms with Crippen molar-refractivity contribution in [2.45, 2.75) is 26.8 Å². The fourth-order valence-corrected chi connectivity index (χ4v) is 2.44. The molecule has 0 saturated heterocycles. The minimum Gasteiger partial charge on any atom is -0.478 e.